The van der Waals surface area contributed by atoms with Crippen LogP contribution in [0.1, 0.15) is 23.4 Å². The van der Waals surface area contributed by atoms with Crippen LogP contribution in [0.2, 0.25) is 0 Å². The average Bonchev–Trinajstić information content (AvgIpc) is 3.45. The van der Waals surface area contributed by atoms with E-state index in [0.29, 0.717) is 0 Å². The number of carbonyl (C=O) groups is 2. The minimum atomic E-state index is -5.08. The summed E-state index contributed by atoms with van der Waals surface area (Å²) in [6, 6.07) is 21.2. The first-order chi connectivity index (χ1) is 19.2. The maximum absolute atomic E-state index is 10.6. The van der Waals surface area contributed by atoms with Crippen LogP contribution in [0, 0.1) is 0 Å². The van der Waals surface area contributed by atoms with E-state index < -0.39 is 24.3 Å². The van der Waals surface area contributed by atoms with Crippen LogP contribution in [0.15, 0.2) is 73.1 Å². The van der Waals surface area contributed by atoms with E-state index in [0.717, 1.165) is 44.8 Å². The number of pyridine rings is 2. The van der Waals surface area contributed by atoms with Crippen LogP contribution >= 0.6 is 0 Å². The van der Waals surface area contributed by atoms with Crippen molar-refractivity contribution in [2.24, 2.45) is 0 Å². The van der Waals surface area contributed by atoms with Crippen LogP contribution in [-0.2, 0) is 28.1 Å². The molecular weight excluding hydrogens is 558 g/mol. The van der Waals surface area contributed by atoms with E-state index in [2.05, 4.69) is 69.4 Å². The maximum Gasteiger partial charge on any atom is 0.490 e. The summed E-state index contributed by atoms with van der Waals surface area (Å²) < 4.78 is 63.5. The Hall–Kier alpha value is -4.20. The van der Waals surface area contributed by atoms with Crippen molar-refractivity contribution in [2.45, 2.75) is 37.3 Å². The maximum atomic E-state index is 10.6. The van der Waals surface area contributed by atoms with Crippen molar-refractivity contribution in [3.05, 3.63) is 90.0 Å². The number of halogens is 6. The lowest BCUT2D eigenvalue weighted by atomic mass is 9.85. The summed E-state index contributed by atoms with van der Waals surface area (Å²) >= 11 is 0. The Bertz CT molecular complexity index is 1280. The molecule has 2 aromatic heterocycles. The molecule has 1 aromatic carbocycles. The highest BCUT2D eigenvalue weighted by Gasteiger charge is 2.48. The minimum Gasteiger partial charge on any atom is -0.475 e. The van der Waals surface area contributed by atoms with Crippen molar-refractivity contribution >= 4 is 17.6 Å². The number of benzene rings is 1. The zero-order valence-electron chi connectivity index (χ0n) is 21.4. The van der Waals surface area contributed by atoms with Crippen LogP contribution < -0.4 is 4.90 Å². The molecule has 0 radical (unpaired) electrons. The number of likely N-dealkylation sites (tertiary alicyclic amines) is 1. The van der Waals surface area contributed by atoms with Crippen LogP contribution in [0.3, 0.4) is 0 Å². The number of anilines is 1. The molecule has 2 N–H and O–H groups in total. The molecule has 1 fully saturated rings. The lowest BCUT2D eigenvalue weighted by Crippen LogP contribution is -2.36. The molecule has 0 saturated carbocycles. The van der Waals surface area contributed by atoms with Crippen molar-refractivity contribution in [3.8, 4) is 0 Å². The average molecular weight is 585 g/mol. The van der Waals surface area contributed by atoms with Gasteiger partial charge in [-0.05, 0) is 42.8 Å². The topological polar surface area (TPSA) is 107 Å². The van der Waals surface area contributed by atoms with E-state index in [9.17, 15) is 26.3 Å². The minimum absolute atomic E-state index is 0.139. The van der Waals surface area contributed by atoms with Gasteiger partial charge in [0.2, 0.25) is 0 Å². The van der Waals surface area contributed by atoms with Gasteiger partial charge in [-0.3, -0.25) is 14.9 Å². The SMILES string of the molecule is O=C(O)C(F)(F)F.O=C(O)C(F)(F)F.c1ccc(CN2CC3(CCN(Cc4ccccn4)C3)c3ncccc32)cc1. The van der Waals surface area contributed by atoms with E-state index in [4.69, 9.17) is 24.8 Å². The number of aliphatic carboxylic acids is 2. The molecule has 41 heavy (non-hydrogen) atoms. The van der Waals surface area contributed by atoms with Gasteiger partial charge in [0.1, 0.15) is 0 Å². The summed E-state index contributed by atoms with van der Waals surface area (Å²) in [6.45, 7) is 5.07. The molecule has 0 aliphatic carbocycles. The van der Waals surface area contributed by atoms with Gasteiger partial charge in [0.15, 0.2) is 0 Å². The van der Waals surface area contributed by atoms with E-state index in [1.165, 1.54) is 16.9 Å². The van der Waals surface area contributed by atoms with E-state index in [1.807, 2.05) is 18.5 Å². The second-order valence-electron chi connectivity index (χ2n) is 9.38. The van der Waals surface area contributed by atoms with E-state index >= 15 is 0 Å². The summed E-state index contributed by atoms with van der Waals surface area (Å²) in [6.07, 6.45) is -5.17. The first-order valence-corrected chi connectivity index (χ1v) is 12.2. The van der Waals surface area contributed by atoms with Crippen LogP contribution in [-0.4, -0.2) is 69.0 Å². The predicted molar refractivity (Wildman–Crippen MR) is 135 cm³/mol. The van der Waals surface area contributed by atoms with Crippen molar-refractivity contribution < 1.29 is 46.1 Å². The molecule has 5 rings (SSSR count). The normalized spacial score (nSPS) is 18.1. The number of hydrogen-bond donors (Lipinski definition) is 2. The number of fused-ring (bicyclic) bond motifs is 2. The van der Waals surface area contributed by atoms with E-state index in [-0.39, 0.29) is 5.41 Å². The number of alkyl halides is 6. The van der Waals surface area contributed by atoms with Gasteiger partial charge in [0.25, 0.3) is 0 Å². The third-order valence-electron chi connectivity index (χ3n) is 6.37. The Morgan fingerprint density at radius 2 is 1.37 bits per heavy atom. The van der Waals surface area contributed by atoms with Crippen molar-refractivity contribution in [2.75, 3.05) is 24.5 Å². The molecule has 2 aliphatic rings. The van der Waals surface area contributed by atoms with Crippen LogP contribution in [0.5, 0.6) is 0 Å². The van der Waals surface area contributed by atoms with Gasteiger partial charge in [-0.15, -0.1) is 0 Å². The molecule has 3 aromatic rings. The number of carboxylic acid groups (broad SMARTS) is 2. The molecule has 1 unspecified atom stereocenters. The zero-order chi connectivity index (χ0) is 30.3. The second-order valence-corrected chi connectivity index (χ2v) is 9.38. The molecule has 2 aliphatic heterocycles. The molecule has 0 bridgehead atoms. The Balaban J connectivity index is 0.000000276. The third-order valence-corrected chi connectivity index (χ3v) is 6.37. The second kappa shape index (κ2) is 13.0. The lowest BCUT2D eigenvalue weighted by molar-refractivity contribution is -0.193. The van der Waals surface area contributed by atoms with Gasteiger partial charge in [0.05, 0.1) is 17.1 Å². The Labute approximate surface area is 230 Å². The molecule has 14 heteroatoms. The number of hydrogen-bond acceptors (Lipinski definition) is 6. The first-order valence-electron chi connectivity index (χ1n) is 12.2. The van der Waals surface area contributed by atoms with Gasteiger partial charge in [-0.2, -0.15) is 26.3 Å². The van der Waals surface area contributed by atoms with Crippen molar-refractivity contribution in [3.63, 3.8) is 0 Å². The number of aromatic nitrogens is 2. The Morgan fingerprint density at radius 1 is 0.780 bits per heavy atom. The molecule has 0 amide bonds. The molecule has 1 atom stereocenters. The van der Waals surface area contributed by atoms with Gasteiger partial charge < -0.3 is 15.1 Å². The molecular formula is C27H26F6N4O4. The van der Waals surface area contributed by atoms with Gasteiger partial charge >= 0.3 is 24.3 Å². The summed E-state index contributed by atoms with van der Waals surface area (Å²) in [5.41, 5.74) is 5.23. The van der Waals surface area contributed by atoms with Crippen LogP contribution in [0.4, 0.5) is 32.0 Å². The number of nitrogens with zero attached hydrogens (tertiary/aromatic N) is 4. The monoisotopic (exact) mass is 584 g/mol. The number of carboxylic acids is 2. The lowest BCUT2D eigenvalue weighted by Gasteiger charge is -2.26. The largest absolute Gasteiger partial charge is 0.490 e. The molecule has 4 heterocycles. The van der Waals surface area contributed by atoms with Crippen molar-refractivity contribution in [1.82, 2.24) is 14.9 Å². The quantitative estimate of drug-likeness (QED) is 0.417. The third kappa shape index (κ3) is 8.64. The van der Waals surface area contributed by atoms with Gasteiger partial charge in [-0.25, -0.2) is 9.59 Å². The number of rotatable bonds is 4. The molecule has 8 nitrogen and oxygen atoms in total. The van der Waals surface area contributed by atoms with E-state index in [1.54, 1.807) is 0 Å². The zero-order valence-corrected chi connectivity index (χ0v) is 21.4. The fourth-order valence-corrected chi connectivity index (χ4v) is 4.67. The summed E-state index contributed by atoms with van der Waals surface area (Å²) in [5.74, 6) is -5.51. The predicted octanol–water partition coefficient (Wildman–Crippen LogP) is 4.91. The van der Waals surface area contributed by atoms with Gasteiger partial charge in [0, 0.05) is 44.0 Å². The highest BCUT2D eigenvalue weighted by Crippen LogP contribution is 2.45. The summed E-state index contributed by atoms with van der Waals surface area (Å²) in [7, 11) is 0. The molecule has 1 saturated heterocycles. The summed E-state index contributed by atoms with van der Waals surface area (Å²) in [4.78, 5) is 32.2. The fourth-order valence-electron chi connectivity index (χ4n) is 4.67. The smallest absolute Gasteiger partial charge is 0.475 e. The Kier molecular flexibility index (Phi) is 9.92. The Morgan fingerprint density at radius 3 is 1.93 bits per heavy atom. The van der Waals surface area contributed by atoms with Gasteiger partial charge in [-0.1, -0.05) is 36.4 Å². The molecule has 1 spiro atoms. The van der Waals surface area contributed by atoms with Crippen molar-refractivity contribution in [1.29, 1.82) is 0 Å². The molecule has 220 valence electrons. The first kappa shape index (κ1) is 31.3. The standard InChI is InChI=1S/C23H24N4.2C2HF3O2/c1-2-7-19(8-3-1)15-27-18-23(22-21(27)10-6-13-25-22)11-14-26(17-23)16-20-9-4-5-12-24-20;2*3-2(4,5)1(6)7/h1-10,12-13H,11,14-18H2;2*(H,6,7). The fraction of sp³-hybridized carbons (Fsp3) is 0.333. The highest BCUT2D eigenvalue weighted by atomic mass is 19.4. The van der Waals surface area contributed by atoms with Crippen LogP contribution in [0.25, 0.3) is 0 Å². The summed E-state index contributed by atoms with van der Waals surface area (Å²) in [5, 5.41) is 14.2. The highest BCUT2D eigenvalue weighted by molar-refractivity contribution is 5.73.